The summed E-state index contributed by atoms with van der Waals surface area (Å²) in [7, 11) is 1.93. The van der Waals surface area contributed by atoms with E-state index in [1.165, 1.54) is 0 Å². The fraction of sp³-hybridized carbons (Fsp3) is 0.364. The van der Waals surface area contributed by atoms with Crippen molar-refractivity contribution in [3.63, 3.8) is 0 Å². The van der Waals surface area contributed by atoms with E-state index < -0.39 is 0 Å². The first-order valence-electron chi connectivity index (χ1n) is 5.00. The van der Waals surface area contributed by atoms with Crippen LogP contribution in [0.5, 0.6) is 0 Å². The van der Waals surface area contributed by atoms with Gasteiger partial charge in [-0.05, 0) is 25.6 Å². The molecule has 2 heterocycles. The van der Waals surface area contributed by atoms with Crippen LogP contribution in [-0.2, 0) is 6.42 Å². The Labute approximate surface area is 94.1 Å². The Kier molecular flexibility index (Phi) is 2.93. The number of hydrogen-bond acceptors (Lipinski definition) is 2. The van der Waals surface area contributed by atoms with Gasteiger partial charge in [-0.25, -0.2) is 4.98 Å². The van der Waals surface area contributed by atoms with Gasteiger partial charge >= 0.3 is 0 Å². The van der Waals surface area contributed by atoms with E-state index in [9.17, 15) is 0 Å². The number of aromatic nitrogens is 2. The number of nitrogens with one attached hydrogen (secondary N) is 1. The summed E-state index contributed by atoms with van der Waals surface area (Å²) in [5.74, 6) is 0. The van der Waals surface area contributed by atoms with Gasteiger partial charge in [0.25, 0.3) is 0 Å². The second kappa shape index (κ2) is 4.21. The van der Waals surface area contributed by atoms with Crippen LogP contribution in [0.2, 0.25) is 5.15 Å². The zero-order chi connectivity index (χ0) is 10.8. The van der Waals surface area contributed by atoms with Gasteiger partial charge in [-0.2, -0.15) is 0 Å². The second-order valence-corrected chi connectivity index (χ2v) is 3.95. The predicted molar refractivity (Wildman–Crippen MR) is 62.6 cm³/mol. The maximum absolute atomic E-state index is 6.24. The number of halogens is 1. The van der Waals surface area contributed by atoms with Gasteiger partial charge in [0.2, 0.25) is 0 Å². The molecule has 80 valence electrons. The molecular weight excluding hydrogens is 210 g/mol. The summed E-state index contributed by atoms with van der Waals surface area (Å²) in [6.07, 6.45) is 2.80. The molecule has 3 nitrogen and oxygen atoms in total. The molecule has 2 aromatic heterocycles. The van der Waals surface area contributed by atoms with Gasteiger partial charge in [0.1, 0.15) is 10.8 Å². The van der Waals surface area contributed by atoms with E-state index in [0.29, 0.717) is 0 Å². The van der Waals surface area contributed by atoms with E-state index in [2.05, 4.69) is 10.3 Å². The average Bonchev–Trinajstić information content (AvgIpc) is 2.55. The molecule has 2 rings (SSSR count). The minimum Gasteiger partial charge on any atom is -0.319 e. The Morgan fingerprint density at radius 1 is 1.53 bits per heavy atom. The highest BCUT2D eigenvalue weighted by Crippen LogP contribution is 2.20. The van der Waals surface area contributed by atoms with Crippen LogP contribution >= 0.6 is 11.6 Å². The molecule has 0 atom stereocenters. The Morgan fingerprint density at radius 3 is 3.00 bits per heavy atom. The third-order valence-corrected chi connectivity index (χ3v) is 2.86. The second-order valence-electron chi connectivity index (χ2n) is 3.59. The standard InChI is InChI=1S/C11H14ClN3/c1-8-4-3-7-15-10(12)9(5-6-13-2)14-11(8)15/h3-4,7,13H,5-6H2,1-2H3. The van der Waals surface area contributed by atoms with E-state index in [4.69, 9.17) is 11.6 Å². The Hall–Kier alpha value is -1.06. The van der Waals surface area contributed by atoms with Crippen LogP contribution in [0, 0.1) is 6.92 Å². The van der Waals surface area contributed by atoms with Crippen molar-refractivity contribution in [3.8, 4) is 0 Å². The van der Waals surface area contributed by atoms with Crippen molar-refractivity contribution in [3.05, 3.63) is 34.7 Å². The summed E-state index contributed by atoms with van der Waals surface area (Å²) in [6.45, 7) is 2.93. The van der Waals surface area contributed by atoms with E-state index in [0.717, 1.165) is 35.0 Å². The van der Waals surface area contributed by atoms with Crippen LogP contribution in [-0.4, -0.2) is 23.0 Å². The highest BCUT2D eigenvalue weighted by molar-refractivity contribution is 6.30. The van der Waals surface area contributed by atoms with Crippen LogP contribution in [0.15, 0.2) is 18.3 Å². The smallest absolute Gasteiger partial charge is 0.141 e. The summed E-state index contributed by atoms with van der Waals surface area (Å²) in [5, 5.41) is 3.82. The molecule has 0 amide bonds. The number of imidazole rings is 1. The minimum atomic E-state index is 0.726. The van der Waals surface area contributed by atoms with Crippen molar-refractivity contribution in [1.82, 2.24) is 14.7 Å². The van der Waals surface area contributed by atoms with Gasteiger partial charge in [0, 0.05) is 19.2 Å². The van der Waals surface area contributed by atoms with E-state index in [1.54, 1.807) is 0 Å². The molecule has 1 N–H and O–H groups in total. The SMILES string of the molecule is CNCCc1nc2c(C)cccn2c1Cl. The first-order chi connectivity index (χ1) is 7.24. The van der Waals surface area contributed by atoms with Crippen LogP contribution < -0.4 is 5.32 Å². The number of likely N-dealkylation sites (N-methyl/N-ethyl adjacent to an activating group) is 1. The van der Waals surface area contributed by atoms with E-state index >= 15 is 0 Å². The van der Waals surface area contributed by atoms with Gasteiger partial charge in [0.15, 0.2) is 0 Å². The van der Waals surface area contributed by atoms with Crippen LogP contribution in [0.25, 0.3) is 5.65 Å². The maximum atomic E-state index is 6.24. The first kappa shape index (κ1) is 10.5. The Bertz CT molecular complexity index is 476. The third-order valence-electron chi connectivity index (χ3n) is 2.46. The van der Waals surface area contributed by atoms with Gasteiger partial charge in [-0.15, -0.1) is 0 Å². The number of pyridine rings is 1. The predicted octanol–water partition coefficient (Wildman–Crippen LogP) is 2.06. The molecule has 0 aromatic carbocycles. The van der Waals surface area contributed by atoms with Gasteiger partial charge < -0.3 is 5.32 Å². The summed E-state index contributed by atoms with van der Waals surface area (Å²) in [4.78, 5) is 4.54. The van der Waals surface area contributed by atoms with E-state index in [-0.39, 0.29) is 0 Å². The normalized spacial score (nSPS) is 11.1. The number of hydrogen-bond donors (Lipinski definition) is 1. The largest absolute Gasteiger partial charge is 0.319 e. The van der Waals surface area contributed by atoms with Crippen molar-refractivity contribution in [2.24, 2.45) is 0 Å². The zero-order valence-electron chi connectivity index (χ0n) is 8.92. The van der Waals surface area contributed by atoms with Crippen LogP contribution in [0.4, 0.5) is 0 Å². The molecule has 15 heavy (non-hydrogen) atoms. The highest BCUT2D eigenvalue weighted by Gasteiger charge is 2.10. The molecule has 0 radical (unpaired) electrons. The number of aryl methyl sites for hydroxylation is 1. The van der Waals surface area contributed by atoms with E-state index in [1.807, 2.05) is 36.7 Å². The third kappa shape index (κ3) is 1.85. The maximum Gasteiger partial charge on any atom is 0.141 e. The minimum absolute atomic E-state index is 0.726. The monoisotopic (exact) mass is 223 g/mol. The summed E-state index contributed by atoms with van der Waals surface area (Å²) < 4.78 is 1.93. The van der Waals surface area contributed by atoms with Crippen molar-refractivity contribution in [1.29, 1.82) is 0 Å². The average molecular weight is 224 g/mol. The van der Waals surface area contributed by atoms with Crippen molar-refractivity contribution in [2.45, 2.75) is 13.3 Å². The van der Waals surface area contributed by atoms with Gasteiger partial charge in [-0.3, -0.25) is 4.40 Å². The Balaban J connectivity index is 2.49. The molecule has 0 saturated heterocycles. The lowest BCUT2D eigenvalue weighted by Crippen LogP contribution is -2.10. The number of fused-ring (bicyclic) bond motifs is 1. The molecule has 0 aliphatic rings. The molecule has 4 heteroatoms. The molecule has 0 fully saturated rings. The quantitative estimate of drug-likeness (QED) is 0.863. The highest BCUT2D eigenvalue weighted by atomic mass is 35.5. The summed E-state index contributed by atoms with van der Waals surface area (Å²) in [5.41, 5.74) is 3.06. The first-order valence-corrected chi connectivity index (χ1v) is 5.38. The molecule has 0 aliphatic heterocycles. The fourth-order valence-electron chi connectivity index (χ4n) is 1.62. The van der Waals surface area contributed by atoms with Crippen molar-refractivity contribution >= 4 is 17.2 Å². The lowest BCUT2D eigenvalue weighted by atomic mass is 10.3. The van der Waals surface area contributed by atoms with Crippen LogP contribution in [0.1, 0.15) is 11.3 Å². The van der Waals surface area contributed by atoms with Gasteiger partial charge in [-0.1, -0.05) is 17.7 Å². The molecule has 0 bridgehead atoms. The van der Waals surface area contributed by atoms with Crippen molar-refractivity contribution < 1.29 is 0 Å². The molecule has 2 aromatic rings. The molecule has 0 spiro atoms. The van der Waals surface area contributed by atoms with Crippen LogP contribution in [0.3, 0.4) is 0 Å². The van der Waals surface area contributed by atoms with Gasteiger partial charge in [0.05, 0.1) is 5.69 Å². The zero-order valence-corrected chi connectivity index (χ0v) is 9.67. The van der Waals surface area contributed by atoms with Crippen molar-refractivity contribution in [2.75, 3.05) is 13.6 Å². The lowest BCUT2D eigenvalue weighted by molar-refractivity contribution is 0.780. The molecule has 0 aliphatic carbocycles. The summed E-state index contributed by atoms with van der Waals surface area (Å²) in [6, 6.07) is 4.03. The molecule has 0 unspecified atom stereocenters. The number of nitrogens with zero attached hydrogens (tertiary/aromatic N) is 2. The number of rotatable bonds is 3. The molecular formula is C11H14ClN3. The Morgan fingerprint density at radius 2 is 2.33 bits per heavy atom. The molecule has 0 saturated carbocycles. The fourth-order valence-corrected chi connectivity index (χ4v) is 1.90. The lowest BCUT2D eigenvalue weighted by Gasteiger charge is -1.97. The topological polar surface area (TPSA) is 29.3 Å². The summed E-state index contributed by atoms with van der Waals surface area (Å²) >= 11 is 6.24.